The van der Waals surface area contributed by atoms with Crippen molar-refractivity contribution < 1.29 is 4.79 Å². The first-order chi connectivity index (χ1) is 19.1. The van der Waals surface area contributed by atoms with Gasteiger partial charge in [0.05, 0.1) is 23.0 Å². The van der Waals surface area contributed by atoms with E-state index in [0.29, 0.717) is 23.3 Å². The molecule has 3 aromatic carbocycles. The number of benzene rings is 3. The number of rotatable bonds is 7. The van der Waals surface area contributed by atoms with Crippen molar-refractivity contribution in [3.8, 4) is 11.1 Å². The molecule has 6 rings (SSSR count). The van der Waals surface area contributed by atoms with E-state index in [1.54, 1.807) is 12.4 Å². The summed E-state index contributed by atoms with van der Waals surface area (Å²) in [6.45, 7) is 2.53. The van der Waals surface area contributed by atoms with E-state index in [4.69, 9.17) is 0 Å². The molecule has 2 heterocycles. The van der Waals surface area contributed by atoms with E-state index in [0.717, 1.165) is 29.7 Å². The molecule has 1 amide bonds. The number of hydrazine groups is 1. The lowest BCUT2D eigenvalue weighted by Gasteiger charge is -2.16. The van der Waals surface area contributed by atoms with Crippen LogP contribution in [-0.4, -0.2) is 21.5 Å². The number of anilines is 2. The van der Waals surface area contributed by atoms with Crippen LogP contribution in [0.2, 0.25) is 0 Å². The topological polar surface area (TPSA) is 88.0 Å². The zero-order valence-corrected chi connectivity index (χ0v) is 21.6. The van der Waals surface area contributed by atoms with Crippen LogP contribution in [-0.2, 0) is 19.4 Å². The second kappa shape index (κ2) is 10.5. The highest BCUT2D eigenvalue weighted by atomic mass is 16.2. The minimum Gasteiger partial charge on any atom is -0.380 e. The van der Waals surface area contributed by atoms with Crippen LogP contribution in [0.25, 0.3) is 22.2 Å². The highest BCUT2D eigenvalue weighted by molar-refractivity contribution is 5.97. The van der Waals surface area contributed by atoms with Crippen molar-refractivity contribution in [2.24, 2.45) is 0 Å². The van der Waals surface area contributed by atoms with Crippen LogP contribution in [0, 0.1) is 0 Å². The standard InChI is InChI=1S/C32H29N5O2/c1-2-37-20-29(32(39)36-35-25-14-12-22(13-15-25)21-8-4-3-5-9-21)30(38)28-18-27(19-33-31(28)37)34-26-16-23-10-6-7-11-24(23)17-26/h3-15,18-20,26,34-35H,2,16-17H2,1H3,(H,36,39). The van der Waals surface area contributed by atoms with Crippen molar-refractivity contribution in [2.45, 2.75) is 32.4 Å². The van der Waals surface area contributed by atoms with E-state index in [1.807, 2.05) is 72.2 Å². The van der Waals surface area contributed by atoms with Crippen molar-refractivity contribution >= 4 is 28.3 Å². The highest BCUT2D eigenvalue weighted by Gasteiger charge is 2.22. The van der Waals surface area contributed by atoms with Crippen LogP contribution in [0.5, 0.6) is 0 Å². The van der Waals surface area contributed by atoms with Crippen LogP contribution in [0.4, 0.5) is 11.4 Å². The first kappa shape index (κ1) is 24.4. The highest BCUT2D eigenvalue weighted by Crippen LogP contribution is 2.25. The zero-order valence-electron chi connectivity index (χ0n) is 21.6. The maximum absolute atomic E-state index is 13.4. The summed E-state index contributed by atoms with van der Waals surface area (Å²) >= 11 is 0. The molecular formula is C32H29N5O2. The summed E-state index contributed by atoms with van der Waals surface area (Å²) < 4.78 is 1.83. The third-order valence-corrected chi connectivity index (χ3v) is 7.23. The van der Waals surface area contributed by atoms with E-state index in [9.17, 15) is 9.59 Å². The van der Waals surface area contributed by atoms with Gasteiger partial charge in [0.25, 0.3) is 5.91 Å². The molecule has 3 N–H and O–H groups in total. The molecule has 0 fully saturated rings. The fourth-order valence-electron chi connectivity index (χ4n) is 5.23. The van der Waals surface area contributed by atoms with Gasteiger partial charge in [-0.15, -0.1) is 0 Å². The molecule has 0 unspecified atom stereocenters. The monoisotopic (exact) mass is 515 g/mol. The number of hydrogen-bond acceptors (Lipinski definition) is 5. The first-order valence-corrected chi connectivity index (χ1v) is 13.2. The van der Waals surface area contributed by atoms with E-state index in [2.05, 4.69) is 45.4 Å². The van der Waals surface area contributed by atoms with Crippen molar-refractivity contribution in [2.75, 3.05) is 10.7 Å². The SMILES string of the molecule is CCn1cc(C(=O)NNc2ccc(-c3ccccc3)cc2)c(=O)c2cc(NC3Cc4ccccc4C3)cnc21. The summed E-state index contributed by atoms with van der Waals surface area (Å²) in [5, 5.41) is 3.95. The first-order valence-electron chi connectivity index (χ1n) is 13.2. The molecule has 0 aliphatic heterocycles. The van der Waals surface area contributed by atoms with Gasteiger partial charge in [0.2, 0.25) is 5.43 Å². The molecule has 5 aromatic rings. The molecule has 194 valence electrons. The molecular weight excluding hydrogens is 486 g/mol. The molecule has 1 aliphatic rings. The molecule has 1 aliphatic carbocycles. The third-order valence-electron chi connectivity index (χ3n) is 7.23. The smallest absolute Gasteiger partial charge is 0.275 e. The average Bonchev–Trinajstić information content (AvgIpc) is 3.39. The molecule has 0 saturated carbocycles. The molecule has 0 radical (unpaired) electrons. The fraction of sp³-hybridized carbons (Fsp3) is 0.156. The van der Waals surface area contributed by atoms with Gasteiger partial charge < -0.3 is 9.88 Å². The maximum Gasteiger partial charge on any atom is 0.275 e. The number of pyridine rings is 2. The zero-order chi connectivity index (χ0) is 26.8. The Balaban J connectivity index is 1.20. The number of nitrogens with one attached hydrogen (secondary N) is 3. The Kier molecular flexibility index (Phi) is 6.55. The van der Waals surface area contributed by atoms with Crippen molar-refractivity contribution in [3.63, 3.8) is 0 Å². The minimum atomic E-state index is -0.499. The Morgan fingerprint density at radius 2 is 1.56 bits per heavy atom. The Labute approximate surface area is 226 Å². The second-order valence-corrected chi connectivity index (χ2v) is 9.79. The summed E-state index contributed by atoms with van der Waals surface area (Å²) in [5.41, 5.74) is 12.2. The van der Waals surface area contributed by atoms with Crippen LogP contribution in [0.3, 0.4) is 0 Å². The number of carbonyl (C=O) groups is 1. The number of carbonyl (C=O) groups excluding carboxylic acids is 1. The van der Waals surface area contributed by atoms with Gasteiger partial charge in [0, 0.05) is 18.8 Å². The van der Waals surface area contributed by atoms with Crippen LogP contribution >= 0.6 is 0 Å². The van der Waals surface area contributed by atoms with Gasteiger partial charge in [-0.05, 0) is 60.2 Å². The summed E-state index contributed by atoms with van der Waals surface area (Å²) in [7, 11) is 0. The van der Waals surface area contributed by atoms with E-state index < -0.39 is 5.91 Å². The average molecular weight is 516 g/mol. The maximum atomic E-state index is 13.4. The lowest BCUT2D eigenvalue weighted by atomic mass is 10.1. The molecule has 0 saturated heterocycles. The van der Waals surface area contributed by atoms with Gasteiger partial charge in [-0.1, -0.05) is 66.7 Å². The Morgan fingerprint density at radius 1 is 0.897 bits per heavy atom. The van der Waals surface area contributed by atoms with E-state index >= 15 is 0 Å². The lowest BCUT2D eigenvalue weighted by Crippen LogP contribution is -2.34. The van der Waals surface area contributed by atoms with Gasteiger partial charge in [-0.25, -0.2) is 4.98 Å². The Bertz CT molecular complexity index is 1690. The van der Waals surface area contributed by atoms with Gasteiger partial charge in [-0.3, -0.25) is 20.4 Å². The summed E-state index contributed by atoms with van der Waals surface area (Å²) in [4.78, 5) is 31.1. The largest absolute Gasteiger partial charge is 0.380 e. The summed E-state index contributed by atoms with van der Waals surface area (Å²) in [6, 6.07) is 28.3. The van der Waals surface area contributed by atoms with Gasteiger partial charge >= 0.3 is 0 Å². The number of hydrogen-bond donors (Lipinski definition) is 3. The quantitative estimate of drug-likeness (QED) is 0.252. The van der Waals surface area contributed by atoms with Crippen molar-refractivity contribution in [1.29, 1.82) is 0 Å². The normalized spacial score (nSPS) is 12.7. The molecule has 0 bridgehead atoms. The predicted molar refractivity (Wildman–Crippen MR) is 156 cm³/mol. The third kappa shape index (κ3) is 4.99. The number of nitrogens with zero attached hydrogens (tertiary/aromatic N) is 2. The number of fused-ring (bicyclic) bond motifs is 2. The predicted octanol–water partition coefficient (Wildman–Crippen LogP) is 5.42. The van der Waals surface area contributed by atoms with Crippen LogP contribution < -0.4 is 21.6 Å². The molecule has 0 spiro atoms. The molecule has 7 heteroatoms. The number of aromatic nitrogens is 2. The fourth-order valence-corrected chi connectivity index (χ4v) is 5.23. The second-order valence-electron chi connectivity index (χ2n) is 9.79. The van der Waals surface area contributed by atoms with Crippen molar-refractivity contribution in [1.82, 2.24) is 15.0 Å². The summed E-state index contributed by atoms with van der Waals surface area (Å²) in [5.74, 6) is -0.499. The van der Waals surface area contributed by atoms with E-state index in [-0.39, 0.29) is 17.0 Å². The molecule has 0 atom stereocenters. The Morgan fingerprint density at radius 3 is 2.26 bits per heavy atom. The van der Waals surface area contributed by atoms with Gasteiger partial charge in [-0.2, -0.15) is 0 Å². The van der Waals surface area contributed by atoms with Crippen LogP contribution in [0.1, 0.15) is 28.4 Å². The number of aryl methyl sites for hydroxylation is 1. The van der Waals surface area contributed by atoms with Crippen LogP contribution in [0.15, 0.2) is 102 Å². The van der Waals surface area contributed by atoms with Gasteiger partial charge in [0.1, 0.15) is 11.2 Å². The van der Waals surface area contributed by atoms with Crippen molar-refractivity contribution in [3.05, 3.63) is 124 Å². The molecule has 2 aromatic heterocycles. The van der Waals surface area contributed by atoms with E-state index in [1.165, 1.54) is 11.1 Å². The molecule has 39 heavy (non-hydrogen) atoms. The summed E-state index contributed by atoms with van der Waals surface area (Å²) in [6.07, 6.45) is 5.19. The Hall–Kier alpha value is -4.91. The lowest BCUT2D eigenvalue weighted by molar-refractivity contribution is 0.0961. The minimum absolute atomic E-state index is 0.0602. The molecule has 7 nitrogen and oxygen atoms in total. The van der Waals surface area contributed by atoms with Gasteiger partial charge in [0.15, 0.2) is 0 Å². The number of amides is 1.